The lowest BCUT2D eigenvalue weighted by atomic mass is 10.1. The summed E-state index contributed by atoms with van der Waals surface area (Å²) in [6, 6.07) is 11.8. The molecule has 0 radical (unpaired) electrons. The highest BCUT2D eigenvalue weighted by molar-refractivity contribution is 9.10. The van der Waals surface area contributed by atoms with Gasteiger partial charge in [0.1, 0.15) is 5.82 Å². The van der Waals surface area contributed by atoms with Crippen molar-refractivity contribution in [2.45, 2.75) is 26.9 Å². The van der Waals surface area contributed by atoms with Crippen LogP contribution in [0.4, 0.5) is 10.2 Å². The van der Waals surface area contributed by atoms with Gasteiger partial charge in [-0.25, -0.2) is 4.39 Å². The van der Waals surface area contributed by atoms with Crippen LogP contribution in [0.15, 0.2) is 53.1 Å². The number of benzene rings is 2. The summed E-state index contributed by atoms with van der Waals surface area (Å²) in [5.41, 5.74) is 3.33. The van der Waals surface area contributed by atoms with Crippen LogP contribution in [0.3, 0.4) is 0 Å². The van der Waals surface area contributed by atoms with Gasteiger partial charge in [-0.1, -0.05) is 41.4 Å². The zero-order valence-electron chi connectivity index (χ0n) is 17.7. The number of rotatable bonds is 6. The average molecular weight is 551 g/mol. The largest absolute Gasteiger partial charge is 0.304 e. The van der Waals surface area contributed by atoms with Gasteiger partial charge in [0.2, 0.25) is 0 Å². The fourth-order valence-corrected chi connectivity index (χ4v) is 4.17. The van der Waals surface area contributed by atoms with E-state index in [2.05, 4.69) is 31.4 Å². The van der Waals surface area contributed by atoms with E-state index in [1.54, 1.807) is 35.1 Å². The molecule has 2 heterocycles. The zero-order valence-corrected chi connectivity index (χ0v) is 20.8. The molecule has 1 N–H and O–H groups in total. The van der Waals surface area contributed by atoms with Gasteiger partial charge in [0.25, 0.3) is 5.91 Å². The summed E-state index contributed by atoms with van der Waals surface area (Å²) in [6.07, 6.45) is 1.65. The SMILES string of the molecule is Cc1nn(Cc2cccc(C(=O)Nc3nn(Cc4c(F)cccc4Cl)cc3Br)c2)c(C)c1Cl. The second-order valence-corrected chi connectivity index (χ2v) is 9.16. The highest BCUT2D eigenvalue weighted by Gasteiger charge is 2.15. The Morgan fingerprint density at radius 1 is 1.12 bits per heavy atom. The first-order valence-corrected chi connectivity index (χ1v) is 11.5. The highest BCUT2D eigenvalue weighted by Crippen LogP contribution is 2.25. The predicted octanol–water partition coefficient (Wildman–Crippen LogP) is 6.25. The van der Waals surface area contributed by atoms with E-state index in [-0.39, 0.29) is 12.5 Å². The molecule has 0 atom stereocenters. The molecule has 0 saturated carbocycles. The Kier molecular flexibility index (Phi) is 6.88. The van der Waals surface area contributed by atoms with Gasteiger partial charge in [-0.3, -0.25) is 14.2 Å². The lowest BCUT2D eigenvalue weighted by Crippen LogP contribution is -2.14. The van der Waals surface area contributed by atoms with Gasteiger partial charge in [-0.05, 0) is 59.6 Å². The number of halogens is 4. The van der Waals surface area contributed by atoms with Crippen molar-refractivity contribution in [3.05, 3.63) is 97.1 Å². The van der Waals surface area contributed by atoms with Gasteiger partial charge in [-0.2, -0.15) is 10.2 Å². The van der Waals surface area contributed by atoms with Crippen LogP contribution in [0.2, 0.25) is 10.0 Å². The fourth-order valence-electron chi connectivity index (χ4n) is 3.40. The third-order valence-corrected chi connectivity index (χ3v) is 6.63. The monoisotopic (exact) mass is 549 g/mol. The number of amides is 1. The van der Waals surface area contributed by atoms with Crippen molar-refractivity contribution in [1.82, 2.24) is 19.6 Å². The maximum Gasteiger partial charge on any atom is 0.256 e. The van der Waals surface area contributed by atoms with Crippen molar-refractivity contribution < 1.29 is 9.18 Å². The van der Waals surface area contributed by atoms with Crippen LogP contribution in [-0.2, 0) is 13.1 Å². The average Bonchev–Trinajstić information content (AvgIpc) is 3.24. The van der Waals surface area contributed by atoms with Crippen LogP contribution >= 0.6 is 39.1 Å². The molecule has 0 bridgehead atoms. The molecule has 10 heteroatoms. The minimum atomic E-state index is -0.416. The van der Waals surface area contributed by atoms with Crippen LogP contribution in [-0.4, -0.2) is 25.5 Å². The highest BCUT2D eigenvalue weighted by atomic mass is 79.9. The summed E-state index contributed by atoms with van der Waals surface area (Å²) in [5.74, 6) is -0.415. The van der Waals surface area contributed by atoms with Crippen LogP contribution in [0.25, 0.3) is 0 Å². The van der Waals surface area contributed by atoms with Gasteiger partial charge in [0, 0.05) is 22.3 Å². The molecule has 0 aliphatic rings. The number of carbonyl (C=O) groups is 1. The Labute approximate surface area is 208 Å². The van der Waals surface area contributed by atoms with E-state index >= 15 is 0 Å². The summed E-state index contributed by atoms with van der Waals surface area (Å²) in [6.45, 7) is 4.37. The minimum Gasteiger partial charge on any atom is -0.304 e. The first-order chi connectivity index (χ1) is 15.7. The van der Waals surface area contributed by atoms with Crippen LogP contribution in [0.5, 0.6) is 0 Å². The van der Waals surface area contributed by atoms with E-state index in [1.807, 2.05) is 26.0 Å². The van der Waals surface area contributed by atoms with Gasteiger partial charge in [0.05, 0.1) is 34.0 Å². The maximum atomic E-state index is 14.1. The van der Waals surface area contributed by atoms with E-state index in [9.17, 15) is 9.18 Å². The van der Waals surface area contributed by atoms with Gasteiger partial charge in [-0.15, -0.1) is 0 Å². The molecule has 2 aromatic carbocycles. The Morgan fingerprint density at radius 2 is 1.88 bits per heavy atom. The molecule has 33 heavy (non-hydrogen) atoms. The molecule has 4 aromatic rings. The minimum absolute atomic E-state index is 0.126. The second kappa shape index (κ2) is 9.67. The lowest BCUT2D eigenvalue weighted by molar-refractivity contribution is 0.102. The number of aryl methyl sites for hydroxylation is 1. The summed E-state index contributed by atoms with van der Waals surface area (Å²) in [4.78, 5) is 12.9. The molecule has 0 fully saturated rings. The van der Waals surface area contributed by atoms with Gasteiger partial charge < -0.3 is 5.32 Å². The van der Waals surface area contributed by atoms with Crippen molar-refractivity contribution >= 4 is 50.9 Å². The molecular weight excluding hydrogens is 532 g/mol. The molecule has 0 spiro atoms. The third-order valence-electron chi connectivity index (χ3n) is 5.15. The predicted molar refractivity (Wildman–Crippen MR) is 131 cm³/mol. The van der Waals surface area contributed by atoms with E-state index in [1.165, 1.54) is 10.7 Å². The van der Waals surface area contributed by atoms with Crippen LogP contribution in [0.1, 0.15) is 32.9 Å². The quantitative estimate of drug-likeness (QED) is 0.308. The number of nitrogens with zero attached hydrogens (tertiary/aromatic N) is 4. The van der Waals surface area contributed by atoms with Crippen molar-refractivity contribution in [3.63, 3.8) is 0 Å². The van der Waals surface area contributed by atoms with Gasteiger partial charge >= 0.3 is 0 Å². The molecule has 2 aromatic heterocycles. The fraction of sp³-hybridized carbons (Fsp3) is 0.174. The topological polar surface area (TPSA) is 64.7 Å². The first kappa shape index (κ1) is 23.5. The Bertz CT molecular complexity index is 1330. The summed E-state index contributed by atoms with van der Waals surface area (Å²) in [7, 11) is 0. The number of hydrogen-bond acceptors (Lipinski definition) is 3. The molecule has 0 unspecified atom stereocenters. The zero-order chi connectivity index (χ0) is 23.7. The Morgan fingerprint density at radius 3 is 2.58 bits per heavy atom. The molecule has 0 aliphatic heterocycles. The van der Waals surface area contributed by atoms with Crippen molar-refractivity contribution in [2.24, 2.45) is 0 Å². The number of anilines is 1. The molecule has 170 valence electrons. The molecule has 0 saturated heterocycles. The van der Waals surface area contributed by atoms with Crippen molar-refractivity contribution in [1.29, 1.82) is 0 Å². The van der Waals surface area contributed by atoms with Crippen LogP contribution < -0.4 is 5.32 Å². The summed E-state index contributed by atoms with van der Waals surface area (Å²) < 4.78 is 18.0. The van der Waals surface area contributed by atoms with Crippen LogP contribution in [0, 0.1) is 19.7 Å². The van der Waals surface area contributed by atoms with E-state index in [0.29, 0.717) is 38.0 Å². The maximum absolute atomic E-state index is 14.1. The Balaban J connectivity index is 1.50. The van der Waals surface area contributed by atoms with Crippen molar-refractivity contribution in [2.75, 3.05) is 5.32 Å². The molecule has 0 aliphatic carbocycles. The van der Waals surface area contributed by atoms with E-state index in [4.69, 9.17) is 23.2 Å². The van der Waals surface area contributed by atoms with Gasteiger partial charge in [0.15, 0.2) is 5.82 Å². The third kappa shape index (κ3) is 5.13. The molecule has 6 nitrogen and oxygen atoms in total. The van der Waals surface area contributed by atoms with E-state index in [0.717, 1.165) is 17.0 Å². The second-order valence-electron chi connectivity index (χ2n) is 7.52. The number of nitrogens with one attached hydrogen (secondary N) is 1. The number of hydrogen-bond donors (Lipinski definition) is 1. The number of carbonyl (C=O) groups excluding carboxylic acids is 1. The lowest BCUT2D eigenvalue weighted by Gasteiger charge is -2.08. The molecule has 1 amide bonds. The normalized spacial score (nSPS) is 11.1. The van der Waals surface area contributed by atoms with E-state index < -0.39 is 5.82 Å². The standard InChI is InChI=1S/C23H19BrCl2FN5O/c1-13-21(26)14(2)32(29-13)10-15-5-3-6-16(9-15)23(33)28-22-18(24)12-31(30-22)11-17-19(25)7-4-8-20(17)27/h3-9,12H,10-11H2,1-2H3,(H,28,30,33). The smallest absolute Gasteiger partial charge is 0.256 e. The van der Waals surface area contributed by atoms with Crippen molar-refractivity contribution in [3.8, 4) is 0 Å². The number of aromatic nitrogens is 4. The first-order valence-electron chi connectivity index (χ1n) is 9.98. The summed E-state index contributed by atoms with van der Waals surface area (Å²) >= 11 is 15.7. The summed E-state index contributed by atoms with van der Waals surface area (Å²) in [5, 5.41) is 12.5. The molecular formula is C23H19BrCl2FN5O. The molecule has 4 rings (SSSR count). The Hall–Kier alpha value is -2.68.